The lowest BCUT2D eigenvalue weighted by molar-refractivity contribution is 0.114. The molecule has 0 bridgehead atoms. The maximum Gasteiger partial charge on any atom is 0.232 e. The molecule has 2 saturated heterocycles. The Kier molecular flexibility index (Phi) is 4.12. The number of aromatic nitrogens is 2. The zero-order valence-electron chi connectivity index (χ0n) is 12.0. The second-order valence-corrected chi connectivity index (χ2v) is 6.53. The van der Waals surface area contributed by atoms with Gasteiger partial charge in [-0.3, -0.25) is 4.90 Å². The summed E-state index contributed by atoms with van der Waals surface area (Å²) in [6.07, 6.45) is 5.75. The molecule has 0 radical (unpaired) electrons. The van der Waals surface area contributed by atoms with Gasteiger partial charge in [0.1, 0.15) is 0 Å². The Labute approximate surface area is 128 Å². The molecule has 0 spiro atoms. The highest BCUT2D eigenvalue weighted by Gasteiger charge is 2.34. The normalized spacial score (nSPS) is 27.2. The van der Waals surface area contributed by atoms with Gasteiger partial charge in [0.25, 0.3) is 0 Å². The number of fused-ring (bicyclic) bond motifs is 1. The summed E-state index contributed by atoms with van der Waals surface area (Å²) in [7, 11) is 1.64. The van der Waals surface area contributed by atoms with Crippen LogP contribution in [-0.2, 0) is 0 Å². The average Bonchev–Trinajstić information content (AvgIpc) is 2.47. The van der Waals surface area contributed by atoms with Crippen molar-refractivity contribution >= 4 is 21.9 Å². The standard InChI is InChI=1S/C14H21BrN4O/c1-10-8-18-6-4-3-5-11(18)9-19(10)14-16-7-12(15)13(17-14)20-2/h7,10-11H,3-6,8-9H2,1-2H3. The lowest BCUT2D eigenvalue weighted by Crippen LogP contribution is -2.59. The fourth-order valence-electron chi connectivity index (χ4n) is 3.26. The molecule has 2 atom stereocenters. The molecule has 0 saturated carbocycles. The quantitative estimate of drug-likeness (QED) is 0.826. The largest absolute Gasteiger partial charge is 0.480 e. The number of piperazine rings is 1. The van der Waals surface area contributed by atoms with Gasteiger partial charge >= 0.3 is 0 Å². The van der Waals surface area contributed by atoms with Crippen molar-refractivity contribution in [3.8, 4) is 5.88 Å². The molecular formula is C14H21BrN4O. The summed E-state index contributed by atoms with van der Waals surface area (Å²) in [4.78, 5) is 13.9. The van der Waals surface area contributed by atoms with Crippen molar-refractivity contribution in [2.75, 3.05) is 31.6 Å². The summed E-state index contributed by atoms with van der Waals surface area (Å²) in [5, 5.41) is 0. The van der Waals surface area contributed by atoms with Gasteiger partial charge in [-0.05, 0) is 42.2 Å². The molecule has 2 fully saturated rings. The smallest absolute Gasteiger partial charge is 0.232 e. The second kappa shape index (κ2) is 5.85. The Morgan fingerprint density at radius 3 is 3.00 bits per heavy atom. The van der Waals surface area contributed by atoms with Crippen LogP contribution in [0.25, 0.3) is 0 Å². The first kappa shape index (κ1) is 14.1. The van der Waals surface area contributed by atoms with Crippen LogP contribution in [0.2, 0.25) is 0 Å². The molecule has 20 heavy (non-hydrogen) atoms. The van der Waals surface area contributed by atoms with Crippen molar-refractivity contribution in [1.29, 1.82) is 0 Å². The summed E-state index contributed by atoms with van der Waals surface area (Å²) in [6, 6.07) is 1.09. The molecule has 3 rings (SSSR count). The fourth-order valence-corrected chi connectivity index (χ4v) is 3.61. The molecule has 3 heterocycles. The number of anilines is 1. The predicted molar refractivity (Wildman–Crippen MR) is 82.3 cm³/mol. The maximum atomic E-state index is 5.28. The summed E-state index contributed by atoms with van der Waals surface area (Å²) in [6.45, 7) is 5.62. The number of nitrogens with zero attached hydrogens (tertiary/aromatic N) is 4. The first-order valence-corrected chi connectivity index (χ1v) is 8.05. The molecule has 1 aromatic heterocycles. The highest BCUT2D eigenvalue weighted by molar-refractivity contribution is 9.10. The molecular weight excluding hydrogens is 320 g/mol. The minimum Gasteiger partial charge on any atom is -0.480 e. The molecule has 2 aliphatic heterocycles. The Hall–Kier alpha value is -0.880. The van der Waals surface area contributed by atoms with Crippen LogP contribution in [0.1, 0.15) is 26.2 Å². The summed E-state index contributed by atoms with van der Waals surface area (Å²) in [5.74, 6) is 1.39. The Balaban J connectivity index is 1.82. The molecule has 0 amide bonds. The molecule has 5 nitrogen and oxygen atoms in total. The van der Waals surface area contributed by atoms with Crippen LogP contribution in [0.4, 0.5) is 5.95 Å². The first-order chi connectivity index (χ1) is 9.69. The van der Waals surface area contributed by atoms with Crippen molar-refractivity contribution in [1.82, 2.24) is 14.9 Å². The van der Waals surface area contributed by atoms with Crippen molar-refractivity contribution in [2.24, 2.45) is 0 Å². The number of halogens is 1. The van der Waals surface area contributed by atoms with E-state index >= 15 is 0 Å². The van der Waals surface area contributed by atoms with E-state index < -0.39 is 0 Å². The second-order valence-electron chi connectivity index (χ2n) is 5.67. The summed E-state index contributed by atoms with van der Waals surface area (Å²) < 4.78 is 6.08. The zero-order chi connectivity index (χ0) is 14.1. The molecule has 0 N–H and O–H groups in total. The van der Waals surface area contributed by atoms with Crippen molar-refractivity contribution in [3.05, 3.63) is 10.7 Å². The SMILES string of the molecule is COc1nc(N2CC3CCCCN3CC2C)ncc1Br. The summed E-state index contributed by atoms with van der Waals surface area (Å²) >= 11 is 3.41. The number of methoxy groups -OCH3 is 1. The third-order valence-electron chi connectivity index (χ3n) is 4.34. The molecule has 0 aromatic carbocycles. The van der Waals surface area contributed by atoms with Crippen LogP contribution in [0.5, 0.6) is 5.88 Å². The molecule has 2 unspecified atom stereocenters. The van der Waals surface area contributed by atoms with Crippen LogP contribution in [-0.4, -0.2) is 53.7 Å². The number of ether oxygens (including phenoxy) is 1. The molecule has 0 aliphatic carbocycles. The van der Waals surface area contributed by atoms with Crippen LogP contribution in [0.15, 0.2) is 10.7 Å². The van der Waals surface area contributed by atoms with Gasteiger partial charge in [0, 0.05) is 25.2 Å². The monoisotopic (exact) mass is 340 g/mol. The highest BCUT2D eigenvalue weighted by Crippen LogP contribution is 2.29. The van der Waals surface area contributed by atoms with Gasteiger partial charge in [-0.25, -0.2) is 4.98 Å². The van der Waals surface area contributed by atoms with Crippen molar-refractivity contribution < 1.29 is 4.74 Å². The fraction of sp³-hybridized carbons (Fsp3) is 0.714. The Bertz CT molecular complexity index is 484. The molecule has 110 valence electrons. The third kappa shape index (κ3) is 2.63. The van der Waals surface area contributed by atoms with E-state index in [4.69, 9.17) is 4.74 Å². The van der Waals surface area contributed by atoms with Crippen molar-refractivity contribution in [2.45, 2.75) is 38.3 Å². The zero-order valence-corrected chi connectivity index (χ0v) is 13.6. The number of rotatable bonds is 2. The third-order valence-corrected chi connectivity index (χ3v) is 4.88. The van der Waals surface area contributed by atoms with E-state index in [1.807, 2.05) is 0 Å². The van der Waals surface area contributed by atoms with Crippen molar-refractivity contribution in [3.63, 3.8) is 0 Å². The average molecular weight is 341 g/mol. The Morgan fingerprint density at radius 1 is 1.35 bits per heavy atom. The minimum atomic E-state index is 0.440. The van der Waals surface area contributed by atoms with Crippen LogP contribution in [0.3, 0.4) is 0 Å². The van der Waals surface area contributed by atoms with Gasteiger partial charge in [0.05, 0.1) is 17.8 Å². The Morgan fingerprint density at radius 2 is 2.20 bits per heavy atom. The maximum absolute atomic E-state index is 5.28. The van der Waals surface area contributed by atoms with Gasteiger partial charge in [-0.15, -0.1) is 0 Å². The summed E-state index contributed by atoms with van der Waals surface area (Å²) in [5.41, 5.74) is 0. The predicted octanol–water partition coefficient (Wildman–Crippen LogP) is 2.31. The number of piperidine rings is 1. The first-order valence-electron chi connectivity index (χ1n) is 7.26. The topological polar surface area (TPSA) is 41.5 Å². The van der Waals surface area contributed by atoms with Crippen LogP contribution in [0, 0.1) is 0 Å². The minimum absolute atomic E-state index is 0.440. The van der Waals surface area contributed by atoms with Crippen LogP contribution >= 0.6 is 15.9 Å². The van der Waals surface area contributed by atoms with E-state index in [2.05, 4.69) is 42.6 Å². The molecule has 2 aliphatic rings. The van der Waals surface area contributed by atoms with Gasteiger partial charge in [0.15, 0.2) is 0 Å². The van der Waals surface area contributed by atoms with E-state index in [1.54, 1.807) is 13.3 Å². The van der Waals surface area contributed by atoms with E-state index in [1.165, 1.54) is 25.8 Å². The molecule has 1 aromatic rings. The van der Waals surface area contributed by atoms with Gasteiger partial charge in [-0.2, -0.15) is 4.98 Å². The van der Waals surface area contributed by atoms with E-state index in [0.717, 1.165) is 23.5 Å². The number of hydrogen-bond acceptors (Lipinski definition) is 5. The van der Waals surface area contributed by atoms with Gasteiger partial charge < -0.3 is 9.64 Å². The van der Waals surface area contributed by atoms with Crippen LogP contribution < -0.4 is 9.64 Å². The lowest BCUT2D eigenvalue weighted by atomic mass is 9.97. The van der Waals surface area contributed by atoms with E-state index in [0.29, 0.717) is 18.0 Å². The highest BCUT2D eigenvalue weighted by atomic mass is 79.9. The molecule has 6 heteroatoms. The lowest BCUT2D eigenvalue weighted by Gasteiger charge is -2.47. The van der Waals surface area contributed by atoms with Gasteiger partial charge in [-0.1, -0.05) is 6.42 Å². The van der Waals surface area contributed by atoms with Gasteiger partial charge in [0.2, 0.25) is 11.8 Å². The van der Waals surface area contributed by atoms with E-state index in [9.17, 15) is 0 Å². The van der Waals surface area contributed by atoms with E-state index in [-0.39, 0.29) is 0 Å². The number of hydrogen-bond donors (Lipinski definition) is 0.